The van der Waals surface area contributed by atoms with Crippen LogP contribution in [0.2, 0.25) is 5.02 Å². The van der Waals surface area contributed by atoms with Crippen LogP contribution in [0.4, 0.5) is 5.69 Å². The molecule has 3 rings (SSSR count). The fourth-order valence-corrected chi connectivity index (χ4v) is 3.21. The molecule has 0 spiro atoms. The van der Waals surface area contributed by atoms with Gasteiger partial charge in [-0.3, -0.25) is 9.59 Å². The second kappa shape index (κ2) is 7.28. The molecule has 0 bridgehead atoms. The van der Waals surface area contributed by atoms with E-state index in [0.717, 1.165) is 22.4 Å². The van der Waals surface area contributed by atoms with Crippen LogP contribution in [0.3, 0.4) is 0 Å². The van der Waals surface area contributed by atoms with E-state index in [9.17, 15) is 9.59 Å². The highest BCUT2D eigenvalue weighted by atomic mass is 35.5. The molecule has 2 aromatic carbocycles. The molecule has 1 fully saturated rings. The molecule has 1 N–H and O–H groups in total. The minimum atomic E-state index is -0.320. The number of hydrogen-bond donors (Lipinski definition) is 1. The van der Waals surface area contributed by atoms with Crippen molar-refractivity contribution in [2.75, 3.05) is 11.4 Å². The van der Waals surface area contributed by atoms with Gasteiger partial charge in [0, 0.05) is 30.2 Å². The smallest absolute Gasteiger partial charge is 0.227 e. The SMILES string of the molecule is Cc1cccc(N2C[C@H](C(=O)NCc3ccc(Cl)cc3)CC2=O)c1C. The number of amides is 2. The van der Waals surface area contributed by atoms with Gasteiger partial charge in [-0.15, -0.1) is 0 Å². The molecule has 1 saturated heterocycles. The lowest BCUT2D eigenvalue weighted by Gasteiger charge is -2.20. The Morgan fingerprint density at radius 2 is 1.92 bits per heavy atom. The molecule has 0 aromatic heterocycles. The van der Waals surface area contributed by atoms with Crippen LogP contribution in [0.5, 0.6) is 0 Å². The quantitative estimate of drug-likeness (QED) is 0.909. The molecule has 4 nitrogen and oxygen atoms in total. The van der Waals surface area contributed by atoms with Crippen LogP contribution in [-0.2, 0) is 16.1 Å². The van der Waals surface area contributed by atoms with Crippen molar-refractivity contribution >= 4 is 29.1 Å². The van der Waals surface area contributed by atoms with Crippen molar-refractivity contribution in [3.05, 3.63) is 64.2 Å². The van der Waals surface area contributed by atoms with Gasteiger partial charge >= 0.3 is 0 Å². The lowest BCUT2D eigenvalue weighted by atomic mass is 10.1. The molecular weight excluding hydrogens is 336 g/mol. The maximum absolute atomic E-state index is 12.4. The zero-order valence-corrected chi connectivity index (χ0v) is 15.1. The number of nitrogens with one attached hydrogen (secondary N) is 1. The van der Waals surface area contributed by atoms with Gasteiger partial charge in [-0.2, -0.15) is 0 Å². The van der Waals surface area contributed by atoms with Crippen molar-refractivity contribution in [2.45, 2.75) is 26.8 Å². The van der Waals surface area contributed by atoms with E-state index in [1.54, 1.807) is 17.0 Å². The van der Waals surface area contributed by atoms with Gasteiger partial charge in [0.1, 0.15) is 0 Å². The fraction of sp³-hybridized carbons (Fsp3) is 0.300. The van der Waals surface area contributed by atoms with Crippen molar-refractivity contribution in [2.24, 2.45) is 5.92 Å². The average molecular weight is 357 g/mol. The number of aryl methyl sites for hydroxylation is 1. The fourth-order valence-electron chi connectivity index (χ4n) is 3.08. The van der Waals surface area contributed by atoms with Gasteiger partial charge in [-0.05, 0) is 48.7 Å². The van der Waals surface area contributed by atoms with Gasteiger partial charge in [-0.1, -0.05) is 35.9 Å². The van der Waals surface area contributed by atoms with Gasteiger partial charge < -0.3 is 10.2 Å². The Balaban J connectivity index is 1.64. The summed E-state index contributed by atoms with van der Waals surface area (Å²) in [4.78, 5) is 26.6. The van der Waals surface area contributed by atoms with Crippen LogP contribution >= 0.6 is 11.6 Å². The van der Waals surface area contributed by atoms with E-state index in [-0.39, 0.29) is 24.2 Å². The van der Waals surface area contributed by atoms with E-state index >= 15 is 0 Å². The maximum Gasteiger partial charge on any atom is 0.227 e. The zero-order valence-electron chi connectivity index (χ0n) is 14.4. The van der Waals surface area contributed by atoms with Crippen LogP contribution in [0.25, 0.3) is 0 Å². The Bertz CT molecular complexity index is 802. The Labute approximate surface area is 152 Å². The number of anilines is 1. The lowest BCUT2D eigenvalue weighted by molar-refractivity contribution is -0.126. The summed E-state index contributed by atoms with van der Waals surface area (Å²) in [7, 11) is 0. The Hall–Kier alpha value is -2.33. The number of carbonyl (C=O) groups is 2. The molecule has 130 valence electrons. The number of rotatable bonds is 4. The van der Waals surface area contributed by atoms with Crippen LogP contribution in [0.1, 0.15) is 23.1 Å². The molecule has 25 heavy (non-hydrogen) atoms. The molecule has 1 aliphatic rings. The third-order valence-electron chi connectivity index (χ3n) is 4.74. The van der Waals surface area contributed by atoms with Crippen molar-refractivity contribution in [1.82, 2.24) is 5.32 Å². The van der Waals surface area contributed by atoms with E-state index in [1.807, 2.05) is 44.2 Å². The average Bonchev–Trinajstić information content (AvgIpc) is 2.98. The summed E-state index contributed by atoms with van der Waals surface area (Å²) in [5.74, 6) is -0.406. The summed E-state index contributed by atoms with van der Waals surface area (Å²) in [6.45, 7) is 4.89. The van der Waals surface area contributed by atoms with Gasteiger partial charge in [0.15, 0.2) is 0 Å². The third kappa shape index (κ3) is 3.85. The lowest BCUT2D eigenvalue weighted by Crippen LogP contribution is -2.32. The number of nitrogens with zero attached hydrogens (tertiary/aromatic N) is 1. The highest BCUT2D eigenvalue weighted by Crippen LogP contribution is 2.29. The topological polar surface area (TPSA) is 49.4 Å². The Morgan fingerprint density at radius 1 is 1.20 bits per heavy atom. The molecule has 1 heterocycles. The number of carbonyl (C=O) groups excluding carboxylic acids is 2. The predicted octanol–water partition coefficient (Wildman–Crippen LogP) is 3.63. The molecule has 5 heteroatoms. The second-order valence-corrected chi connectivity index (χ2v) is 6.91. The summed E-state index contributed by atoms with van der Waals surface area (Å²) in [6.07, 6.45) is 0.250. The first kappa shape index (κ1) is 17.5. The number of halogens is 1. The monoisotopic (exact) mass is 356 g/mol. The first-order chi connectivity index (χ1) is 12.0. The van der Waals surface area contributed by atoms with Gasteiger partial charge in [0.25, 0.3) is 0 Å². The van der Waals surface area contributed by atoms with E-state index < -0.39 is 0 Å². The Kier molecular flexibility index (Phi) is 5.09. The molecule has 0 saturated carbocycles. The first-order valence-electron chi connectivity index (χ1n) is 8.34. The van der Waals surface area contributed by atoms with E-state index in [2.05, 4.69) is 5.32 Å². The van der Waals surface area contributed by atoms with E-state index in [4.69, 9.17) is 11.6 Å². The summed E-state index contributed by atoms with van der Waals surface area (Å²) < 4.78 is 0. The van der Waals surface area contributed by atoms with Crippen molar-refractivity contribution in [1.29, 1.82) is 0 Å². The number of benzene rings is 2. The largest absolute Gasteiger partial charge is 0.352 e. The summed E-state index contributed by atoms with van der Waals surface area (Å²) in [6, 6.07) is 13.3. The van der Waals surface area contributed by atoms with Gasteiger partial charge in [0.2, 0.25) is 11.8 Å². The van der Waals surface area contributed by atoms with E-state index in [0.29, 0.717) is 18.1 Å². The van der Waals surface area contributed by atoms with Gasteiger partial charge in [-0.25, -0.2) is 0 Å². The van der Waals surface area contributed by atoms with E-state index in [1.165, 1.54) is 0 Å². The molecule has 0 radical (unpaired) electrons. The summed E-state index contributed by atoms with van der Waals surface area (Å²) >= 11 is 5.86. The highest BCUT2D eigenvalue weighted by Gasteiger charge is 2.35. The third-order valence-corrected chi connectivity index (χ3v) is 4.99. The Morgan fingerprint density at radius 3 is 2.64 bits per heavy atom. The molecule has 0 unspecified atom stereocenters. The van der Waals surface area contributed by atoms with Gasteiger partial charge in [0.05, 0.1) is 5.92 Å². The minimum Gasteiger partial charge on any atom is -0.352 e. The highest BCUT2D eigenvalue weighted by molar-refractivity contribution is 6.30. The van der Waals surface area contributed by atoms with Crippen LogP contribution in [0, 0.1) is 19.8 Å². The molecule has 2 amide bonds. The second-order valence-electron chi connectivity index (χ2n) is 6.47. The van der Waals surface area contributed by atoms with Crippen molar-refractivity contribution in [3.8, 4) is 0 Å². The molecular formula is C20H21ClN2O2. The standard InChI is InChI=1S/C20H21ClN2O2/c1-13-4-3-5-18(14(13)2)23-12-16(10-19(23)24)20(25)22-11-15-6-8-17(21)9-7-15/h3-9,16H,10-12H2,1-2H3,(H,22,25)/t16-/m1/s1. The predicted molar refractivity (Wildman–Crippen MR) is 99.7 cm³/mol. The van der Waals surface area contributed by atoms with Crippen LogP contribution in [-0.4, -0.2) is 18.4 Å². The molecule has 0 aliphatic carbocycles. The van der Waals surface area contributed by atoms with Crippen molar-refractivity contribution in [3.63, 3.8) is 0 Å². The number of hydrogen-bond acceptors (Lipinski definition) is 2. The van der Waals surface area contributed by atoms with Crippen LogP contribution in [0.15, 0.2) is 42.5 Å². The zero-order chi connectivity index (χ0) is 18.0. The summed E-state index contributed by atoms with van der Waals surface area (Å²) in [5, 5.41) is 3.59. The first-order valence-corrected chi connectivity index (χ1v) is 8.72. The maximum atomic E-state index is 12.4. The van der Waals surface area contributed by atoms with Crippen molar-refractivity contribution < 1.29 is 9.59 Å². The molecule has 1 aliphatic heterocycles. The molecule has 1 atom stereocenters. The summed E-state index contributed by atoms with van der Waals surface area (Å²) in [5.41, 5.74) is 4.10. The normalized spacial score (nSPS) is 17.0. The minimum absolute atomic E-state index is 0.000318. The molecule has 2 aromatic rings. The van der Waals surface area contributed by atoms with Crippen LogP contribution < -0.4 is 10.2 Å².